The van der Waals surface area contributed by atoms with Crippen molar-refractivity contribution in [1.82, 2.24) is 0 Å². The molecule has 0 radical (unpaired) electrons. The van der Waals surface area contributed by atoms with Gasteiger partial charge in [0.2, 0.25) is 11.8 Å². The van der Waals surface area contributed by atoms with Crippen LogP contribution in [0.2, 0.25) is 0 Å². The molecular weight excluding hydrogens is 380 g/mol. The maximum atomic E-state index is 13.5. The van der Waals surface area contributed by atoms with E-state index in [-0.39, 0.29) is 29.4 Å². The van der Waals surface area contributed by atoms with Gasteiger partial charge in [-0.3, -0.25) is 24.1 Å². The highest BCUT2D eigenvalue weighted by molar-refractivity contribution is 6.23. The largest absolute Gasteiger partial charge is 0.295 e. The number of imide groups is 1. The highest BCUT2D eigenvalue weighted by Gasteiger charge is 2.67. The highest BCUT2D eigenvalue weighted by Crippen LogP contribution is 2.44. The lowest BCUT2D eigenvalue weighted by Crippen LogP contribution is -3.12. The number of carbonyl (C=O) groups excluding carboxylic acids is 4. The third-order valence-corrected chi connectivity index (χ3v) is 6.59. The maximum absolute atomic E-state index is 13.5. The zero-order valence-corrected chi connectivity index (χ0v) is 16.7. The van der Waals surface area contributed by atoms with Gasteiger partial charge in [0.05, 0.1) is 11.9 Å². The van der Waals surface area contributed by atoms with Crippen LogP contribution in [0.1, 0.15) is 41.4 Å². The second-order valence-electron chi connectivity index (χ2n) is 8.19. The molecule has 5 rings (SSSR count). The monoisotopic (exact) mass is 401 g/mol. The van der Waals surface area contributed by atoms with Crippen LogP contribution in [0.5, 0.6) is 0 Å². The van der Waals surface area contributed by atoms with Gasteiger partial charge in [-0.15, -0.1) is 0 Å². The Morgan fingerprint density at radius 1 is 0.900 bits per heavy atom. The maximum Gasteiger partial charge on any atom is 0.244 e. The molecule has 6 heteroatoms. The molecule has 0 aromatic heterocycles. The van der Waals surface area contributed by atoms with Crippen molar-refractivity contribution in [3.63, 3.8) is 0 Å². The van der Waals surface area contributed by atoms with E-state index in [9.17, 15) is 19.2 Å². The SMILES string of the molecule is CC(=O)c1ccc(N2C(=O)[C@@H]3[C@H](C2=O)[C@H]2c4ccccc4C=C[NH+]2[C@H]3C(C)=O)cc1. The van der Waals surface area contributed by atoms with E-state index >= 15 is 0 Å². The molecule has 3 aliphatic rings. The molecule has 6 nitrogen and oxygen atoms in total. The number of rotatable bonds is 3. The van der Waals surface area contributed by atoms with E-state index in [1.807, 2.05) is 36.5 Å². The van der Waals surface area contributed by atoms with Gasteiger partial charge in [-0.25, -0.2) is 4.90 Å². The van der Waals surface area contributed by atoms with Crippen LogP contribution in [0, 0.1) is 11.8 Å². The zero-order valence-electron chi connectivity index (χ0n) is 16.7. The molecule has 3 heterocycles. The van der Waals surface area contributed by atoms with Crippen molar-refractivity contribution >= 4 is 35.1 Å². The van der Waals surface area contributed by atoms with Gasteiger partial charge < -0.3 is 0 Å². The minimum Gasteiger partial charge on any atom is -0.295 e. The van der Waals surface area contributed by atoms with Crippen LogP contribution in [0.4, 0.5) is 5.69 Å². The molecule has 0 spiro atoms. The van der Waals surface area contributed by atoms with Gasteiger partial charge in [0.1, 0.15) is 17.9 Å². The van der Waals surface area contributed by atoms with Crippen LogP contribution in [0.15, 0.2) is 54.7 Å². The second-order valence-corrected chi connectivity index (χ2v) is 8.19. The number of quaternary nitrogens is 1. The molecule has 2 fully saturated rings. The summed E-state index contributed by atoms with van der Waals surface area (Å²) >= 11 is 0. The summed E-state index contributed by atoms with van der Waals surface area (Å²) in [4.78, 5) is 53.2. The number of fused-ring (bicyclic) bond motifs is 5. The number of carbonyl (C=O) groups is 4. The van der Waals surface area contributed by atoms with Gasteiger partial charge in [0.25, 0.3) is 0 Å². The van der Waals surface area contributed by atoms with Crippen LogP contribution in [-0.2, 0) is 14.4 Å². The third-order valence-electron chi connectivity index (χ3n) is 6.59. The van der Waals surface area contributed by atoms with Crippen molar-refractivity contribution in [1.29, 1.82) is 0 Å². The van der Waals surface area contributed by atoms with Gasteiger partial charge in [0.15, 0.2) is 17.6 Å². The summed E-state index contributed by atoms with van der Waals surface area (Å²) in [6.45, 7) is 2.96. The Balaban J connectivity index is 1.60. The topological polar surface area (TPSA) is 76.0 Å². The molecule has 0 bridgehead atoms. The molecule has 2 amide bonds. The fraction of sp³-hybridized carbons (Fsp3) is 0.250. The van der Waals surface area contributed by atoms with E-state index in [2.05, 4.69) is 0 Å². The lowest BCUT2D eigenvalue weighted by molar-refractivity contribution is -0.884. The number of hydrogen-bond donors (Lipinski definition) is 1. The predicted molar refractivity (Wildman–Crippen MR) is 110 cm³/mol. The number of anilines is 1. The van der Waals surface area contributed by atoms with E-state index in [1.165, 1.54) is 18.7 Å². The van der Waals surface area contributed by atoms with Crippen LogP contribution in [0.3, 0.4) is 0 Å². The first-order valence-electron chi connectivity index (χ1n) is 10.0. The number of nitrogens with zero attached hydrogens (tertiary/aromatic N) is 1. The summed E-state index contributed by atoms with van der Waals surface area (Å²) in [6.07, 6.45) is 3.88. The van der Waals surface area contributed by atoms with Crippen molar-refractivity contribution in [2.24, 2.45) is 11.8 Å². The normalized spacial score (nSPS) is 28.9. The molecule has 30 heavy (non-hydrogen) atoms. The van der Waals surface area contributed by atoms with Crippen LogP contribution in [0.25, 0.3) is 6.08 Å². The number of nitrogens with one attached hydrogen (secondary N) is 1. The lowest BCUT2D eigenvalue weighted by Gasteiger charge is -2.30. The Labute approximate surface area is 173 Å². The van der Waals surface area contributed by atoms with E-state index in [4.69, 9.17) is 0 Å². The Hall–Kier alpha value is -3.38. The summed E-state index contributed by atoms with van der Waals surface area (Å²) in [5.74, 6) is -2.09. The number of amides is 2. The van der Waals surface area contributed by atoms with Crippen molar-refractivity contribution in [3.05, 3.63) is 71.4 Å². The molecule has 2 saturated heterocycles. The van der Waals surface area contributed by atoms with Crippen LogP contribution in [-0.4, -0.2) is 29.4 Å². The fourth-order valence-electron chi connectivity index (χ4n) is 5.32. The first-order chi connectivity index (χ1) is 14.4. The summed E-state index contributed by atoms with van der Waals surface area (Å²) in [5, 5.41) is 0. The van der Waals surface area contributed by atoms with Gasteiger partial charge in [-0.05, 0) is 42.8 Å². The number of Topliss-reactive ketones (excluding diaryl/α,β-unsaturated/α-hetero) is 2. The van der Waals surface area contributed by atoms with E-state index < -0.39 is 17.9 Å². The average Bonchev–Trinajstić information content (AvgIpc) is 3.21. The number of ketones is 2. The van der Waals surface area contributed by atoms with Gasteiger partial charge >= 0.3 is 0 Å². The zero-order chi connectivity index (χ0) is 21.2. The molecule has 1 unspecified atom stereocenters. The molecule has 2 aromatic carbocycles. The van der Waals surface area contributed by atoms with Crippen molar-refractivity contribution < 1.29 is 24.1 Å². The highest BCUT2D eigenvalue weighted by atomic mass is 16.2. The van der Waals surface area contributed by atoms with Gasteiger partial charge in [0, 0.05) is 18.1 Å². The molecule has 0 saturated carbocycles. The lowest BCUT2D eigenvalue weighted by atomic mass is 9.84. The first kappa shape index (κ1) is 18.6. The van der Waals surface area contributed by atoms with Crippen LogP contribution < -0.4 is 9.80 Å². The molecule has 150 valence electrons. The summed E-state index contributed by atoms with van der Waals surface area (Å²) < 4.78 is 0. The molecule has 2 aromatic rings. The van der Waals surface area contributed by atoms with E-state index in [0.29, 0.717) is 11.3 Å². The van der Waals surface area contributed by atoms with Crippen molar-refractivity contribution in [2.75, 3.05) is 4.90 Å². The number of benzene rings is 2. The number of hydrogen-bond acceptors (Lipinski definition) is 4. The standard InChI is InChI=1S/C24H20N2O4/c1-13(27)15-7-9-17(10-8-15)26-23(29)19-20(24(26)30)22-18-6-4-3-5-16(18)11-12-25(22)21(19)14(2)28/h3-12,19-22H,1-2H3/p+1/t19-,20+,21+,22-/m1/s1. The minimum atomic E-state index is -0.696. The Morgan fingerprint density at radius 2 is 1.57 bits per heavy atom. The fourth-order valence-corrected chi connectivity index (χ4v) is 5.32. The Bertz CT molecular complexity index is 1130. The van der Waals surface area contributed by atoms with Crippen LogP contribution >= 0.6 is 0 Å². The van der Waals surface area contributed by atoms with E-state index in [1.54, 1.807) is 24.3 Å². The Morgan fingerprint density at radius 3 is 2.23 bits per heavy atom. The Kier molecular flexibility index (Phi) is 4.08. The summed E-state index contributed by atoms with van der Waals surface area (Å²) in [7, 11) is 0. The molecular formula is C24H21N2O4+. The summed E-state index contributed by atoms with van der Waals surface area (Å²) in [5.41, 5.74) is 2.96. The average molecular weight is 401 g/mol. The minimum absolute atomic E-state index is 0.0843. The smallest absolute Gasteiger partial charge is 0.244 e. The third kappa shape index (κ3) is 2.47. The quantitative estimate of drug-likeness (QED) is 0.626. The van der Waals surface area contributed by atoms with Crippen molar-refractivity contribution in [2.45, 2.75) is 25.9 Å². The molecule has 0 aliphatic carbocycles. The first-order valence-corrected chi connectivity index (χ1v) is 10.0. The van der Waals surface area contributed by atoms with Gasteiger partial charge in [-0.1, -0.05) is 24.3 Å². The summed E-state index contributed by atoms with van der Waals surface area (Å²) in [6, 6.07) is 13.4. The van der Waals surface area contributed by atoms with E-state index in [0.717, 1.165) is 16.0 Å². The van der Waals surface area contributed by atoms with Crippen molar-refractivity contribution in [3.8, 4) is 0 Å². The second kappa shape index (κ2) is 6.57. The molecule has 3 aliphatic heterocycles. The van der Waals surface area contributed by atoms with Gasteiger partial charge in [-0.2, -0.15) is 0 Å². The molecule has 5 atom stereocenters. The molecule has 1 N–H and O–H groups in total. The predicted octanol–water partition coefficient (Wildman–Crippen LogP) is 1.58.